The van der Waals surface area contributed by atoms with Gasteiger partial charge in [0.05, 0.1) is 0 Å². The monoisotopic (exact) mass is 336 g/mol. The van der Waals surface area contributed by atoms with Crippen molar-refractivity contribution in [1.29, 1.82) is 0 Å². The number of pyridine rings is 1. The average Bonchev–Trinajstić information content (AvgIpc) is 2.92. The number of hydrogen-bond acceptors (Lipinski definition) is 3. The minimum Gasteiger partial charge on any atom is -0.294 e. The largest absolute Gasteiger partial charge is 0.294 e. The highest BCUT2D eigenvalue weighted by molar-refractivity contribution is 7.12. The minimum absolute atomic E-state index is 0.962. The molecular weight excluding hydrogens is 312 g/mol. The van der Waals surface area contributed by atoms with Crippen LogP contribution < -0.4 is 0 Å². The second-order valence-corrected chi connectivity index (χ2v) is 7.70. The van der Waals surface area contributed by atoms with Gasteiger partial charge in [0.1, 0.15) is 0 Å². The quantitative estimate of drug-likeness (QED) is 0.603. The molecule has 0 saturated heterocycles. The average molecular weight is 337 g/mol. The number of thiophene rings is 1. The van der Waals surface area contributed by atoms with Gasteiger partial charge in [0.2, 0.25) is 0 Å². The zero-order valence-corrected chi connectivity index (χ0v) is 15.2. The Morgan fingerprint density at radius 3 is 2.33 bits per heavy atom. The van der Waals surface area contributed by atoms with E-state index in [1.807, 2.05) is 23.7 Å². The fourth-order valence-electron chi connectivity index (χ4n) is 2.97. The van der Waals surface area contributed by atoms with Crippen LogP contribution >= 0.6 is 11.3 Å². The molecule has 0 aliphatic heterocycles. The summed E-state index contributed by atoms with van der Waals surface area (Å²) in [7, 11) is 0. The molecule has 0 radical (unpaired) electrons. The maximum atomic E-state index is 4.13. The molecule has 24 heavy (non-hydrogen) atoms. The van der Waals surface area contributed by atoms with Crippen LogP contribution in [0.5, 0.6) is 0 Å². The van der Waals surface area contributed by atoms with Crippen LogP contribution in [0, 0.1) is 13.8 Å². The Morgan fingerprint density at radius 2 is 1.67 bits per heavy atom. The Bertz CT molecular complexity index is 750. The molecule has 0 amide bonds. The summed E-state index contributed by atoms with van der Waals surface area (Å²) >= 11 is 1.90. The third-order valence-corrected chi connectivity index (χ3v) is 5.26. The Balaban J connectivity index is 1.71. The summed E-state index contributed by atoms with van der Waals surface area (Å²) in [5.74, 6) is 0. The molecule has 0 bridgehead atoms. The third kappa shape index (κ3) is 4.76. The van der Waals surface area contributed by atoms with Gasteiger partial charge in [0, 0.05) is 41.8 Å². The normalized spacial score (nSPS) is 11.1. The Kier molecular flexibility index (Phi) is 5.78. The van der Waals surface area contributed by atoms with Crippen LogP contribution in [-0.4, -0.2) is 16.4 Å². The summed E-state index contributed by atoms with van der Waals surface area (Å²) in [6.07, 6.45) is 4.84. The Morgan fingerprint density at radius 1 is 0.917 bits per heavy atom. The van der Waals surface area contributed by atoms with E-state index in [1.165, 1.54) is 26.4 Å². The molecule has 0 aliphatic carbocycles. The smallest absolute Gasteiger partial charge is 0.0271 e. The first kappa shape index (κ1) is 16.9. The first-order valence-electron chi connectivity index (χ1n) is 8.42. The highest BCUT2D eigenvalue weighted by atomic mass is 32.1. The molecule has 2 nitrogen and oxygen atoms in total. The molecule has 3 rings (SSSR count). The van der Waals surface area contributed by atoms with Crippen LogP contribution in [0.1, 0.15) is 26.4 Å². The molecule has 0 spiro atoms. The molecule has 1 aromatic carbocycles. The lowest BCUT2D eigenvalue weighted by Crippen LogP contribution is -2.25. The van der Waals surface area contributed by atoms with E-state index in [4.69, 9.17) is 0 Å². The van der Waals surface area contributed by atoms with E-state index in [0.717, 1.165) is 26.1 Å². The topological polar surface area (TPSA) is 16.1 Å². The van der Waals surface area contributed by atoms with E-state index in [2.05, 4.69) is 72.3 Å². The summed E-state index contributed by atoms with van der Waals surface area (Å²) in [6.45, 7) is 7.45. The molecule has 0 unspecified atom stereocenters. The number of nitrogens with zero attached hydrogens (tertiary/aromatic N) is 2. The van der Waals surface area contributed by atoms with Crippen molar-refractivity contribution in [2.24, 2.45) is 0 Å². The van der Waals surface area contributed by atoms with Crippen molar-refractivity contribution < 1.29 is 0 Å². The van der Waals surface area contributed by atoms with Crippen LogP contribution in [0.15, 0.2) is 60.9 Å². The van der Waals surface area contributed by atoms with Crippen LogP contribution in [0.2, 0.25) is 0 Å². The highest BCUT2D eigenvalue weighted by Gasteiger charge is 2.11. The molecule has 0 N–H and O–H groups in total. The Hall–Kier alpha value is -1.97. The molecular formula is C21H24N2S. The van der Waals surface area contributed by atoms with Crippen molar-refractivity contribution in [3.05, 3.63) is 87.4 Å². The van der Waals surface area contributed by atoms with Gasteiger partial charge in [-0.1, -0.05) is 30.3 Å². The number of aryl methyl sites for hydroxylation is 2. The number of rotatable bonds is 7. The van der Waals surface area contributed by atoms with E-state index < -0.39 is 0 Å². The molecule has 2 aromatic heterocycles. The lowest BCUT2D eigenvalue weighted by Gasteiger charge is -2.22. The molecule has 3 heteroatoms. The molecule has 3 aromatic rings. The molecule has 0 fully saturated rings. The fourth-order valence-corrected chi connectivity index (χ4v) is 3.91. The van der Waals surface area contributed by atoms with Gasteiger partial charge in [0.25, 0.3) is 0 Å². The molecule has 0 atom stereocenters. The first-order chi connectivity index (χ1) is 11.7. The predicted octanol–water partition coefficient (Wildman–Crippen LogP) is 5.00. The maximum Gasteiger partial charge on any atom is 0.0271 e. The molecule has 2 heterocycles. The van der Waals surface area contributed by atoms with Crippen LogP contribution in [0.3, 0.4) is 0 Å². The zero-order chi connectivity index (χ0) is 16.8. The first-order valence-corrected chi connectivity index (χ1v) is 9.23. The minimum atomic E-state index is 0.962. The zero-order valence-electron chi connectivity index (χ0n) is 14.4. The molecule has 124 valence electrons. The summed E-state index contributed by atoms with van der Waals surface area (Å²) in [4.78, 5) is 9.50. The van der Waals surface area contributed by atoms with Crippen molar-refractivity contribution in [2.45, 2.75) is 33.4 Å². The van der Waals surface area contributed by atoms with Gasteiger partial charge in [-0.05, 0) is 55.2 Å². The molecule has 0 aliphatic rings. The lowest BCUT2D eigenvalue weighted by molar-refractivity contribution is 0.260. The SMILES string of the molecule is Cc1cc(CN(CCc2ccccc2)Cc2ccncc2)c(C)s1. The van der Waals surface area contributed by atoms with Crippen molar-refractivity contribution in [1.82, 2.24) is 9.88 Å². The van der Waals surface area contributed by atoms with Crippen LogP contribution in [0.25, 0.3) is 0 Å². The summed E-state index contributed by atoms with van der Waals surface area (Å²) in [5, 5.41) is 0. The van der Waals surface area contributed by atoms with Gasteiger partial charge in [-0.2, -0.15) is 0 Å². The van der Waals surface area contributed by atoms with Crippen LogP contribution in [0.4, 0.5) is 0 Å². The van der Waals surface area contributed by atoms with E-state index in [9.17, 15) is 0 Å². The van der Waals surface area contributed by atoms with Gasteiger partial charge in [-0.15, -0.1) is 11.3 Å². The summed E-state index contributed by atoms with van der Waals surface area (Å²) in [6, 6.07) is 17.3. The highest BCUT2D eigenvalue weighted by Crippen LogP contribution is 2.23. The third-order valence-electron chi connectivity index (χ3n) is 4.25. The van der Waals surface area contributed by atoms with Crippen molar-refractivity contribution >= 4 is 11.3 Å². The van der Waals surface area contributed by atoms with E-state index in [0.29, 0.717) is 0 Å². The number of benzene rings is 1. The standard InChI is InChI=1S/C21H24N2S/c1-17-14-21(18(2)24-17)16-23(15-20-8-11-22-12-9-20)13-10-19-6-4-3-5-7-19/h3-9,11-12,14H,10,13,15-16H2,1-2H3. The number of hydrogen-bond donors (Lipinski definition) is 0. The predicted molar refractivity (Wildman–Crippen MR) is 102 cm³/mol. The Labute approximate surface area is 148 Å². The van der Waals surface area contributed by atoms with Gasteiger partial charge in [-0.3, -0.25) is 9.88 Å². The van der Waals surface area contributed by atoms with Crippen molar-refractivity contribution in [2.75, 3.05) is 6.54 Å². The fraction of sp³-hybridized carbons (Fsp3) is 0.286. The van der Waals surface area contributed by atoms with Gasteiger partial charge < -0.3 is 0 Å². The van der Waals surface area contributed by atoms with Crippen molar-refractivity contribution in [3.8, 4) is 0 Å². The van der Waals surface area contributed by atoms with Crippen LogP contribution in [-0.2, 0) is 19.5 Å². The maximum absolute atomic E-state index is 4.13. The van der Waals surface area contributed by atoms with Crippen molar-refractivity contribution in [3.63, 3.8) is 0 Å². The lowest BCUT2D eigenvalue weighted by atomic mass is 10.1. The van der Waals surface area contributed by atoms with E-state index >= 15 is 0 Å². The second kappa shape index (κ2) is 8.22. The van der Waals surface area contributed by atoms with Gasteiger partial charge >= 0.3 is 0 Å². The van der Waals surface area contributed by atoms with Gasteiger partial charge in [0.15, 0.2) is 0 Å². The van der Waals surface area contributed by atoms with E-state index in [-0.39, 0.29) is 0 Å². The summed E-state index contributed by atoms with van der Waals surface area (Å²) in [5.41, 5.74) is 4.18. The van der Waals surface area contributed by atoms with Gasteiger partial charge in [-0.25, -0.2) is 0 Å². The second-order valence-electron chi connectivity index (χ2n) is 6.24. The number of aromatic nitrogens is 1. The molecule has 0 saturated carbocycles. The summed E-state index contributed by atoms with van der Waals surface area (Å²) < 4.78 is 0. The van der Waals surface area contributed by atoms with E-state index in [1.54, 1.807) is 0 Å².